The highest BCUT2D eigenvalue weighted by Crippen LogP contribution is 2.33. The molecule has 1 fully saturated rings. The summed E-state index contributed by atoms with van der Waals surface area (Å²) in [5, 5.41) is 13.3. The number of hydrogen-bond donors (Lipinski definition) is 2. The van der Waals surface area contributed by atoms with Gasteiger partial charge in [0, 0.05) is 6.54 Å². The predicted molar refractivity (Wildman–Crippen MR) is 57.4 cm³/mol. The average Bonchev–Trinajstić information content (AvgIpc) is 2.29. The van der Waals surface area contributed by atoms with Crippen LogP contribution in [0, 0.1) is 0 Å². The topological polar surface area (TPSA) is 32.3 Å². The van der Waals surface area contributed by atoms with E-state index in [-0.39, 0.29) is 0 Å². The molecule has 0 saturated carbocycles. The van der Waals surface area contributed by atoms with Crippen LogP contribution in [-0.4, -0.2) is 18.2 Å². The van der Waals surface area contributed by atoms with E-state index >= 15 is 0 Å². The largest absolute Gasteiger partial charge is 0.416 e. The van der Waals surface area contributed by atoms with Crippen LogP contribution in [0.2, 0.25) is 0 Å². The van der Waals surface area contributed by atoms with Crippen molar-refractivity contribution in [3.8, 4) is 0 Å². The van der Waals surface area contributed by atoms with Crippen molar-refractivity contribution in [1.29, 1.82) is 0 Å². The van der Waals surface area contributed by atoms with Gasteiger partial charge in [0.15, 0.2) is 0 Å². The lowest BCUT2D eigenvalue weighted by molar-refractivity contribution is -0.137. The molecule has 0 bridgehead atoms. The van der Waals surface area contributed by atoms with Gasteiger partial charge in [0.25, 0.3) is 0 Å². The number of rotatable bonds is 1. The van der Waals surface area contributed by atoms with Crippen LogP contribution >= 0.6 is 0 Å². The molecule has 0 amide bonds. The van der Waals surface area contributed by atoms with E-state index in [0.717, 1.165) is 25.1 Å². The Morgan fingerprint density at radius 2 is 1.82 bits per heavy atom. The van der Waals surface area contributed by atoms with Gasteiger partial charge in [-0.25, -0.2) is 0 Å². The van der Waals surface area contributed by atoms with Gasteiger partial charge in [-0.05, 0) is 37.1 Å². The van der Waals surface area contributed by atoms with Gasteiger partial charge >= 0.3 is 6.18 Å². The monoisotopic (exact) mass is 245 g/mol. The number of aliphatic hydroxyl groups is 1. The molecule has 5 heteroatoms. The van der Waals surface area contributed by atoms with E-state index in [4.69, 9.17) is 0 Å². The van der Waals surface area contributed by atoms with E-state index < -0.39 is 17.3 Å². The van der Waals surface area contributed by atoms with Gasteiger partial charge < -0.3 is 10.4 Å². The Morgan fingerprint density at radius 3 is 2.29 bits per heavy atom. The molecule has 1 saturated heterocycles. The highest BCUT2D eigenvalue weighted by atomic mass is 19.4. The first kappa shape index (κ1) is 12.4. The number of halogens is 3. The highest BCUT2D eigenvalue weighted by molar-refractivity contribution is 5.29. The quantitative estimate of drug-likeness (QED) is 0.795. The minimum atomic E-state index is -4.33. The third-order valence-electron chi connectivity index (χ3n) is 3.11. The molecule has 0 spiro atoms. The molecule has 17 heavy (non-hydrogen) atoms. The molecule has 1 aliphatic rings. The number of hydrogen-bond acceptors (Lipinski definition) is 2. The first-order valence-corrected chi connectivity index (χ1v) is 5.53. The van der Waals surface area contributed by atoms with Gasteiger partial charge in [0.1, 0.15) is 5.60 Å². The van der Waals surface area contributed by atoms with Gasteiger partial charge in [-0.15, -0.1) is 0 Å². The minimum Gasteiger partial charge on any atom is -0.384 e. The molecule has 2 nitrogen and oxygen atoms in total. The second kappa shape index (κ2) is 4.31. The fourth-order valence-corrected chi connectivity index (χ4v) is 2.11. The van der Waals surface area contributed by atoms with E-state index in [0.29, 0.717) is 18.5 Å². The van der Waals surface area contributed by atoms with Crippen LogP contribution in [0.15, 0.2) is 24.3 Å². The Kier molecular flexibility index (Phi) is 3.14. The first-order chi connectivity index (χ1) is 7.92. The van der Waals surface area contributed by atoms with Gasteiger partial charge in [0.05, 0.1) is 5.56 Å². The molecule has 2 rings (SSSR count). The summed E-state index contributed by atoms with van der Waals surface area (Å²) >= 11 is 0. The van der Waals surface area contributed by atoms with E-state index in [2.05, 4.69) is 5.32 Å². The third-order valence-corrected chi connectivity index (χ3v) is 3.11. The normalized spacial score (nSPS) is 25.9. The lowest BCUT2D eigenvalue weighted by Crippen LogP contribution is -2.43. The van der Waals surface area contributed by atoms with Crippen molar-refractivity contribution in [2.24, 2.45) is 0 Å². The van der Waals surface area contributed by atoms with Crippen LogP contribution in [0.4, 0.5) is 13.2 Å². The first-order valence-electron chi connectivity index (χ1n) is 5.53. The molecule has 94 valence electrons. The summed E-state index contributed by atoms with van der Waals surface area (Å²) in [6, 6.07) is 4.75. The Bertz CT molecular complexity index is 380. The molecule has 0 aromatic heterocycles. The molecule has 1 atom stereocenters. The Balaban J connectivity index is 2.23. The summed E-state index contributed by atoms with van der Waals surface area (Å²) in [7, 11) is 0. The van der Waals surface area contributed by atoms with Crippen molar-refractivity contribution in [3.05, 3.63) is 35.4 Å². The fourth-order valence-electron chi connectivity index (χ4n) is 2.11. The summed E-state index contributed by atoms with van der Waals surface area (Å²) in [4.78, 5) is 0. The summed E-state index contributed by atoms with van der Waals surface area (Å²) in [6.07, 6.45) is -2.94. The lowest BCUT2D eigenvalue weighted by atomic mass is 9.86. The van der Waals surface area contributed by atoms with Crippen LogP contribution in [0.1, 0.15) is 24.0 Å². The Morgan fingerprint density at radius 1 is 1.18 bits per heavy atom. The maximum absolute atomic E-state index is 12.4. The average molecular weight is 245 g/mol. The maximum atomic E-state index is 12.4. The number of nitrogens with one attached hydrogen (secondary N) is 1. The third kappa shape index (κ3) is 2.61. The second-order valence-corrected chi connectivity index (χ2v) is 4.39. The molecule has 1 aromatic rings. The van der Waals surface area contributed by atoms with Gasteiger partial charge in [-0.1, -0.05) is 12.1 Å². The van der Waals surface area contributed by atoms with Gasteiger partial charge in [-0.2, -0.15) is 13.2 Å². The van der Waals surface area contributed by atoms with E-state index in [1.165, 1.54) is 12.1 Å². The molecule has 0 radical (unpaired) electrons. The standard InChI is InChI=1S/C12H14F3NO/c13-12(14,15)10-4-2-9(3-5-10)11(17)6-1-7-16-8-11/h2-5,16-17H,1,6-8H2. The number of β-amino-alcohol motifs (C(OH)–C–C–N with tert-alkyl or cyclic N) is 1. The molecule has 0 aliphatic carbocycles. The number of benzene rings is 1. The fraction of sp³-hybridized carbons (Fsp3) is 0.500. The summed E-state index contributed by atoms with van der Waals surface area (Å²) < 4.78 is 37.1. The van der Waals surface area contributed by atoms with Crippen molar-refractivity contribution in [1.82, 2.24) is 5.32 Å². The maximum Gasteiger partial charge on any atom is 0.416 e. The van der Waals surface area contributed by atoms with Crippen LogP contribution in [0.5, 0.6) is 0 Å². The van der Waals surface area contributed by atoms with E-state index in [9.17, 15) is 18.3 Å². The van der Waals surface area contributed by atoms with Gasteiger partial charge in [0.2, 0.25) is 0 Å². The number of piperidine rings is 1. The summed E-state index contributed by atoms with van der Waals surface area (Å²) in [5.41, 5.74) is -1.19. The summed E-state index contributed by atoms with van der Waals surface area (Å²) in [5.74, 6) is 0. The van der Waals surface area contributed by atoms with Crippen molar-refractivity contribution in [2.45, 2.75) is 24.6 Å². The van der Waals surface area contributed by atoms with Crippen molar-refractivity contribution in [2.75, 3.05) is 13.1 Å². The lowest BCUT2D eigenvalue weighted by Gasteiger charge is -2.33. The zero-order valence-corrected chi connectivity index (χ0v) is 9.22. The molecular weight excluding hydrogens is 231 g/mol. The molecule has 1 aliphatic heterocycles. The number of alkyl halides is 3. The van der Waals surface area contributed by atoms with E-state index in [1.807, 2.05) is 0 Å². The van der Waals surface area contributed by atoms with Gasteiger partial charge in [-0.3, -0.25) is 0 Å². The predicted octanol–water partition coefficient (Wildman–Crippen LogP) is 2.28. The highest BCUT2D eigenvalue weighted by Gasteiger charge is 2.33. The molecule has 1 unspecified atom stereocenters. The molecule has 1 aromatic carbocycles. The molecular formula is C12H14F3NO. The smallest absolute Gasteiger partial charge is 0.384 e. The second-order valence-electron chi connectivity index (χ2n) is 4.39. The molecule has 2 N–H and O–H groups in total. The van der Waals surface area contributed by atoms with Crippen LogP contribution in [0.25, 0.3) is 0 Å². The van der Waals surface area contributed by atoms with Crippen molar-refractivity contribution >= 4 is 0 Å². The Labute approximate surface area is 97.5 Å². The van der Waals surface area contributed by atoms with E-state index in [1.54, 1.807) is 0 Å². The SMILES string of the molecule is OC1(c2ccc(C(F)(F)F)cc2)CCCNC1. The van der Waals surface area contributed by atoms with Crippen LogP contribution in [0.3, 0.4) is 0 Å². The Hall–Kier alpha value is -1.07. The van der Waals surface area contributed by atoms with Crippen LogP contribution < -0.4 is 5.32 Å². The zero-order valence-electron chi connectivity index (χ0n) is 9.22. The van der Waals surface area contributed by atoms with Crippen LogP contribution in [-0.2, 0) is 11.8 Å². The van der Waals surface area contributed by atoms with Crippen molar-refractivity contribution in [3.63, 3.8) is 0 Å². The molecule has 1 heterocycles. The summed E-state index contributed by atoms with van der Waals surface area (Å²) in [6.45, 7) is 1.22. The zero-order chi connectivity index (χ0) is 12.5. The van der Waals surface area contributed by atoms with Crippen molar-refractivity contribution < 1.29 is 18.3 Å². The minimum absolute atomic E-state index is 0.387.